The zero-order valence-corrected chi connectivity index (χ0v) is 10.0. The Morgan fingerprint density at radius 1 is 1.60 bits per heavy atom. The number of ether oxygens (including phenoxy) is 1. The molecule has 88 valence electrons. The van der Waals surface area contributed by atoms with Crippen LogP contribution in [-0.2, 0) is 9.53 Å². The number of hydrogen-bond acceptors (Lipinski definition) is 4. The van der Waals surface area contributed by atoms with Crippen molar-refractivity contribution in [3.8, 4) is 0 Å². The molecule has 0 saturated carbocycles. The number of carbonyl (C=O) groups excluding carboxylic acids is 1. The van der Waals surface area contributed by atoms with Gasteiger partial charge in [-0.3, -0.25) is 4.79 Å². The van der Waals surface area contributed by atoms with E-state index in [0.717, 1.165) is 26.1 Å². The smallest absolute Gasteiger partial charge is 0.230 e. The lowest BCUT2D eigenvalue weighted by Gasteiger charge is -2.23. The summed E-state index contributed by atoms with van der Waals surface area (Å²) < 4.78 is 5.22. The summed E-state index contributed by atoms with van der Waals surface area (Å²) in [6.45, 7) is 4.18. The molecule has 1 saturated heterocycles. The molecule has 0 radical (unpaired) electrons. The van der Waals surface area contributed by atoms with Gasteiger partial charge in [0.2, 0.25) is 5.91 Å². The maximum absolute atomic E-state index is 11.5. The average molecular weight is 232 g/mol. The number of thioether (sulfide) groups is 1. The van der Waals surface area contributed by atoms with Gasteiger partial charge in [-0.25, -0.2) is 0 Å². The molecule has 3 N–H and O–H groups in total. The normalized spacial score (nSPS) is 19.9. The van der Waals surface area contributed by atoms with Crippen LogP contribution in [0.1, 0.15) is 19.8 Å². The zero-order chi connectivity index (χ0) is 11.1. The predicted molar refractivity (Wildman–Crippen MR) is 63.0 cm³/mol. The SMILES string of the molecule is CC(CN)SCC(=O)NC1CCOCC1. The van der Waals surface area contributed by atoms with Gasteiger partial charge in [0.1, 0.15) is 0 Å². The lowest BCUT2D eigenvalue weighted by atomic mass is 10.1. The van der Waals surface area contributed by atoms with Gasteiger partial charge in [0.05, 0.1) is 5.75 Å². The molecular weight excluding hydrogens is 212 g/mol. The van der Waals surface area contributed by atoms with Crippen LogP contribution < -0.4 is 11.1 Å². The largest absolute Gasteiger partial charge is 0.381 e. The number of hydrogen-bond donors (Lipinski definition) is 2. The van der Waals surface area contributed by atoms with Crippen molar-refractivity contribution in [2.75, 3.05) is 25.5 Å². The predicted octanol–water partition coefficient (Wildman–Crippen LogP) is 0.362. The third kappa shape index (κ3) is 5.39. The van der Waals surface area contributed by atoms with Crippen molar-refractivity contribution in [3.63, 3.8) is 0 Å². The van der Waals surface area contributed by atoms with E-state index in [4.69, 9.17) is 10.5 Å². The van der Waals surface area contributed by atoms with E-state index in [9.17, 15) is 4.79 Å². The second-order valence-electron chi connectivity index (χ2n) is 3.81. The van der Waals surface area contributed by atoms with Gasteiger partial charge in [-0.1, -0.05) is 6.92 Å². The van der Waals surface area contributed by atoms with Crippen LogP contribution >= 0.6 is 11.8 Å². The van der Waals surface area contributed by atoms with E-state index in [0.29, 0.717) is 23.6 Å². The molecule has 0 aromatic carbocycles. The number of nitrogens with two attached hydrogens (primary N) is 1. The molecule has 5 heteroatoms. The minimum Gasteiger partial charge on any atom is -0.381 e. The van der Waals surface area contributed by atoms with Crippen LogP contribution in [0.2, 0.25) is 0 Å². The van der Waals surface area contributed by atoms with E-state index < -0.39 is 0 Å². The molecule has 0 spiro atoms. The maximum atomic E-state index is 11.5. The van der Waals surface area contributed by atoms with E-state index in [2.05, 4.69) is 5.32 Å². The van der Waals surface area contributed by atoms with Gasteiger partial charge in [0.15, 0.2) is 0 Å². The van der Waals surface area contributed by atoms with Gasteiger partial charge in [0, 0.05) is 31.1 Å². The Labute approximate surface area is 95.3 Å². The highest BCUT2D eigenvalue weighted by Crippen LogP contribution is 2.10. The van der Waals surface area contributed by atoms with Crippen molar-refractivity contribution < 1.29 is 9.53 Å². The lowest BCUT2D eigenvalue weighted by Crippen LogP contribution is -2.40. The summed E-state index contributed by atoms with van der Waals surface area (Å²) in [5.41, 5.74) is 5.47. The maximum Gasteiger partial charge on any atom is 0.230 e. The standard InChI is InChI=1S/C10H20N2O2S/c1-8(6-11)15-7-10(13)12-9-2-4-14-5-3-9/h8-9H,2-7,11H2,1H3,(H,12,13). The van der Waals surface area contributed by atoms with E-state index >= 15 is 0 Å². The first-order valence-electron chi connectivity index (χ1n) is 5.41. The molecule has 1 aliphatic rings. The monoisotopic (exact) mass is 232 g/mol. The Hall–Kier alpha value is -0.260. The molecule has 4 nitrogen and oxygen atoms in total. The summed E-state index contributed by atoms with van der Waals surface area (Å²) in [5, 5.41) is 3.37. The fourth-order valence-electron chi connectivity index (χ4n) is 1.40. The van der Waals surface area contributed by atoms with Gasteiger partial charge in [-0.2, -0.15) is 0 Å². The Balaban J connectivity index is 2.11. The van der Waals surface area contributed by atoms with Crippen molar-refractivity contribution in [2.24, 2.45) is 5.73 Å². The van der Waals surface area contributed by atoms with Crippen molar-refractivity contribution in [1.82, 2.24) is 5.32 Å². The first-order valence-corrected chi connectivity index (χ1v) is 6.46. The summed E-state index contributed by atoms with van der Waals surface area (Å²) >= 11 is 1.60. The molecule has 1 rings (SSSR count). The topological polar surface area (TPSA) is 64.4 Å². The first kappa shape index (κ1) is 12.8. The molecule has 1 aliphatic heterocycles. The molecule has 15 heavy (non-hydrogen) atoms. The molecule has 0 aromatic heterocycles. The quantitative estimate of drug-likeness (QED) is 0.718. The van der Waals surface area contributed by atoms with Crippen LogP contribution in [0.4, 0.5) is 0 Å². The zero-order valence-electron chi connectivity index (χ0n) is 9.20. The Morgan fingerprint density at radius 2 is 2.27 bits per heavy atom. The third-order valence-electron chi connectivity index (χ3n) is 2.42. The van der Waals surface area contributed by atoms with Crippen LogP contribution in [0.15, 0.2) is 0 Å². The lowest BCUT2D eigenvalue weighted by molar-refractivity contribution is -0.119. The summed E-state index contributed by atoms with van der Waals surface area (Å²) in [6.07, 6.45) is 1.87. The van der Waals surface area contributed by atoms with E-state index in [1.807, 2.05) is 6.92 Å². The van der Waals surface area contributed by atoms with E-state index in [1.165, 1.54) is 0 Å². The van der Waals surface area contributed by atoms with Crippen LogP contribution in [0.25, 0.3) is 0 Å². The third-order valence-corrected chi connectivity index (χ3v) is 3.61. The molecule has 1 unspecified atom stereocenters. The van der Waals surface area contributed by atoms with Gasteiger partial charge in [0.25, 0.3) is 0 Å². The molecule has 1 fully saturated rings. The molecule has 1 heterocycles. The van der Waals surface area contributed by atoms with Gasteiger partial charge in [-0.05, 0) is 12.8 Å². The van der Waals surface area contributed by atoms with Crippen LogP contribution in [0.5, 0.6) is 0 Å². The Kier molecular flexibility index (Phi) is 6.05. The minimum atomic E-state index is 0.118. The van der Waals surface area contributed by atoms with Gasteiger partial charge >= 0.3 is 0 Å². The van der Waals surface area contributed by atoms with E-state index in [1.54, 1.807) is 11.8 Å². The molecule has 1 amide bonds. The first-order chi connectivity index (χ1) is 7.22. The van der Waals surface area contributed by atoms with Crippen molar-refractivity contribution in [1.29, 1.82) is 0 Å². The minimum absolute atomic E-state index is 0.118. The Morgan fingerprint density at radius 3 is 2.87 bits per heavy atom. The van der Waals surface area contributed by atoms with Crippen molar-refractivity contribution >= 4 is 17.7 Å². The second kappa shape index (κ2) is 7.09. The number of carbonyl (C=O) groups is 1. The van der Waals surface area contributed by atoms with Crippen LogP contribution in [-0.4, -0.2) is 42.7 Å². The highest BCUT2D eigenvalue weighted by Gasteiger charge is 2.16. The summed E-state index contributed by atoms with van der Waals surface area (Å²) in [7, 11) is 0. The fraction of sp³-hybridized carbons (Fsp3) is 0.900. The van der Waals surface area contributed by atoms with Gasteiger partial charge in [-0.15, -0.1) is 11.8 Å². The summed E-state index contributed by atoms with van der Waals surface area (Å²) in [5.74, 6) is 0.627. The number of amides is 1. The summed E-state index contributed by atoms with van der Waals surface area (Å²) in [6, 6.07) is 0.306. The highest BCUT2D eigenvalue weighted by molar-refractivity contribution is 8.00. The number of nitrogens with one attached hydrogen (secondary N) is 1. The number of rotatable bonds is 5. The van der Waals surface area contributed by atoms with E-state index in [-0.39, 0.29) is 5.91 Å². The van der Waals surface area contributed by atoms with Crippen molar-refractivity contribution in [3.05, 3.63) is 0 Å². The van der Waals surface area contributed by atoms with Gasteiger partial charge < -0.3 is 15.8 Å². The highest BCUT2D eigenvalue weighted by atomic mass is 32.2. The average Bonchev–Trinajstić information content (AvgIpc) is 2.27. The van der Waals surface area contributed by atoms with Crippen molar-refractivity contribution in [2.45, 2.75) is 31.1 Å². The summed E-state index contributed by atoms with van der Waals surface area (Å²) in [4.78, 5) is 11.5. The fourth-order valence-corrected chi connectivity index (χ4v) is 2.05. The van der Waals surface area contributed by atoms with Crippen LogP contribution in [0, 0.1) is 0 Å². The molecule has 1 atom stereocenters. The van der Waals surface area contributed by atoms with Crippen LogP contribution in [0.3, 0.4) is 0 Å². The molecule has 0 aromatic rings. The molecule has 0 bridgehead atoms. The Bertz CT molecular complexity index is 196. The molecular formula is C10H20N2O2S. The second-order valence-corrected chi connectivity index (χ2v) is 5.24. The molecule has 0 aliphatic carbocycles.